The van der Waals surface area contributed by atoms with Crippen LogP contribution in [0.4, 0.5) is 13.2 Å². The Bertz CT molecular complexity index is 970. The number of piperazine rings is 1. The number of carboxylic acids is 2. The van der Waals surface area contributed by atoms with Crippen LogP contribution in [0.5, 0.6) is 0 Å². The van der Waals surface area contributed by atoms with E-state index < -0.39 is 47.1 Å². The van der Waals surface area contributed by atoms with Crippen LogP contribution < -0.4 is 11.1 Å². The van der Waals surface area contributed by atoms with Crippen LogP contribution in [0.3, 0.4) is 0 Å². The van der Waals surface area contributed by atoms with E-state index in [1.165, 1.54) is 4.90 Å². The van der Waals surface area contributed by atoms with Crippen molar-refractivity contribution in [3.05, 3.63) is 35.1 Å². The van der Waals surface area contributed by atoms with Crippen LogP contribution in [0.15, 0.2) is 12.1 Å². The summed E-state index contributed by atoms with van der Waals surface area (Å²) in [6.45, 7) is 6.16. The third kappa shape index (κ3) is 12.4. The molecule has 1 heterocycles. The number of ether oxygens (including phenoxy) is 1. The van der Waals surface area contributed by atoms with Crippen molar-refractivity contribution in [3.8, 4) is 0 Å². The van der Waals surface area contributed by atoms with Gasteiger partial charge >= 0.3 is 11.9 Å². The molecule has 1 aliphatic rings. The standard InChI is InChI=1S/C19H26F3N3O3.C6H10O4/c1-19(2,3)28-10-16-18(27)24-4-5-25(16)17(26)8-12(23)6-11-7-14(21)15(22)9-13(11)20;7-5(8)3-1-2-4-6(9)10/h7,9,12,16H,4-6,8,10,23H2,1-3H3,(H,24,27);1-4H2,(H,7,8)(H,9,10)/t12-,16-;/m1./s1. The van der Waals surface area contributed by atoms with Gasteiger partial charge in [0.05, 0.1) is 12.2 Å². The predicted molar refractivity (Wildman–Crippen MR) is 131 cm³/mol. The Morgan fingerprint density at radius 1 is 1.08 bits per heavy atom. The number of rotatable bonds is 11. The van der Waals surface area contributed by atoms with Gasteiger partial charge in [0, 0.05) is 44.5 Å². The highest BCUT2D eigenvalue weighted by molar-refractivity contribution is 5.89. The minimum Gasteiger partial charge on any atom is -0.481 e. The topological polar surface area (TPSA) is 159 Å². The molecule has 1 aliphatic heterocycles. The number of nitrogens with one attached hydrogen (secondary N) is 1. The number of aliphatic carboxylic acids is 2. The van der Waals surface area contributed by atoms with Crippen molar-refractivity contribution in [1.82, 2.24) is 10.2 Å². The molecule has 0 aliphatic carbocycles. The van der Waals surface area contributed by atoms with Crippen molar-refractivity contribution >= 4 is 23.8 Å². The number of carbonyl (C=O) groups excluding carboxylic acids is 2. The highest BCUT2D eigenvalue weighted by Gasteiger charge is 2.34. The molecule has 10 nitrogen and oxygen atoms in total. The summed E-state index contributed by atoms with van der Waals surface area (Å²) in [4.78, 5) is 46.0. The molecule has 1 saturated heterocycles. The SMILES string of the molecule is CC(C)(C)OC[C@@H]1C(=O)NCCN1C(=O)C[C@H](N)Cc1cc(F)c(F)cc1F.O=C(O)CCCCC(=O)O. The third-order valence-corrected chi connectivity index (χ3v) is 5.36. The number of nitrogens with zero attached hydrogens (tertiary/aromatic N) is 1. The van der Waals surface area contributed by atoms with Crippen molar-refractivity contribution < 1.29 is 47.3 Å². The molecule has 1 aromatic carbocycles. The lowest BCUT2D eigenvalue weighted by atomic mass is 10.0. The zero-order chi connectivity index (χ0) is 29.0. The van der Waals surface area contributed by atoms with E-state index in [2.05, 4.69) is 5.32 Å². The van der Waals surface area contributed by atoms with Crippen LogP contribution in [0.2, 0.25) is 0 Å². The molecule has 2 atom stereocenters. The Morgan fingerprint density at radius 2 is 1.63 bits per heavy atom. The molecule has 214 valence electrons. The molecule has 0 saturated carbocycles. The lowest BCUT2D eigenvalue weighted by Gasteiger charge is -2.36. The van der Waals surface area contributed by atoms with Crippen molar-refractivity contribution in [3.63, 3.8) is 0 Å². The normalized spacial score (nSPS) is 16.2. The van der Waals surface area contributed by atoms with E-state index in [0.717, 1.165) is 6.07 Å². The molecule has 2 rings (SSSR count). The number of hydrogen-bond donors (Lipinski definition) is 4. The van der Waals surface area contributed by atoms with Crippen molar-refractivity contribution in [1.29, 1.82) is 0 Å². The van der Waals surface area contributed by atoms with E-state index >= 15 is 0 Å². The number of halogens is 3. The first-order valence-electron chi connectivity index (χ1n) is 12.1. The number of carbonyl (C=O) groups is 4. The number of amides is 2. The van der Waals surface area contributed by atoms with Gasteiger partial charge in [-0.15, -0.1) is 0 Å². The summed E-state index contributed by atoms with van der Waals surface area (Å²) in [5.41, 5.74) is 5.34. The smallest absolute Gasteiger partial charge is 0.303 e. The van der Waals surface area contributed by atoms with Crippen LogP contribution in [-0.2, 0) is 30.3 Å². The van der Waals surface area contributed by atoms with E-state index in [1.54, 1.807) is 0 Å². The highest BCUT2D eigenvalue weighted by Crippen LogP contribution is 2.17. The largest absolute Gasteiger partial charge is 0.481 e. The summed E-state index contributed by atoms with van der Waals surface area (Å²) < 4.78 is 45.8. The van der Waals surface area contributed by atoms with Gasteiger partial charge in [0.2, 0.25) is 11.8 Å². The molecule has 0 bridgehead atoms. The quantitative estimate of drug-likeness (QED) is 0.242. The Morgan fingerprint density at radius 3 is 2.16 bits per heavy atom. The van der Waals surface area contributed by atoms with Crippen molar-refractivity contribution in [2.24, 2.45) is 5.73 Å². The number of carboxylic acid groups (broad SMARTS) is 2. The second-order valence-electron chi connectivity index (χ2n) is 9.84. The molecule has 5 N–H and O–H groups in total. The van der Waals surface area contributed by atoms with Gasteiger partial charge in [-0.3, -0.25) is 19.2 Å². The van der Waals surface area contributed by atoms with Gasteiger partial charge in [-0.2, -0.15) is 0 Å². The number of unbranched alkanes of at least 4 members (excludes halogenated alkanes) is 1. The molecule has 0 spiro atoms. The minimum absolute atomic E-state index is 0.0358. The summed E-state index contributed by atoms with van der Waals surface area (Å²) in [7, 11) is 0. The maximum atomic E-state index is 13.8. The molecule has 0 aromatic heterocycles. The monoisotopic (exact) mass is 547 g/mol. The molecule has 0 unspecified atom stereocenters. The fourth-order valence-electron chi connectivity index (χ4n) is 3.48. The maximum absolute atomic E-state index is 13.8. The fraction of sp³-hybridized carbons (Fsp3) is 0.600. The van der Waals surface area contributed by atoms with E-state index in [0.29, 0.717) is 32.0 Å². The van der Waals surface area contributed by atoms with E-state index in [9.17, 15) is 32.3 Å². The lowest BCUT2D eigenvalue weighted by Crippen LogP contribution is -2.60. The van der Waals surface area contributed by atoms with Crippen LogP contribution in [-0.4, -0.2) is 76.2 Å². The summed E-state index contributed by atoms with van der Waals surface area (Å²) in [5, 5.41) is 19.0. The summed E-state index contributed by atoms with van der Waals surface area (Å²) >= 11 is 0. The van der Waals surface area contributed by atoms with Crippen LogP contribution in [0.25, 0.3) is 0 Å². The Kier molecular flexibility index (Phi) is 13.2. The summed E-state index contributed by atoms with van der Waals surface area (Å²) in [6, 6.07) is -0.411. The minimum atomic E-state index is -1.29. The second kappa shape index (κ2) is 15.3. The number of hydrogen-bond acceptors (Lipinski definition) is 6. The lowest BCUT2D eigenvalue weighted by molar-refractivity contribution is -0.148. The maximum Gasteiger partial charge on any atom is 0.303 e. The molecular formula is C25H36F3N3O7. The zero-order valence-corrected chi connectivity index (χ0v) is 21.8. The first-order valence-corrected chi connectivity index (χ1v) is 12.1. The molecule has 1 fully saturated rings. The van der Waals surface area contributed by atoms with Crippen LogP contribution >= 0.6 is 0 Å². The average molecular weight is 548 g/mol. The predicted octanol–water partition coefficient (Wildman–Crippen LogP) is 2.22. The van der Waals surface area contributed by atoms with Gasteiger partial charge in [0.1, 0.15) is 11.9 Å². The molecule has 0 radical (unpaired) electrons. The van der Waals surface area contributed by atoms with E-state index in [-0.39, 0.29) is 49.7 Å². The van der Waals surface area contributed by atoms with Gasteiger partial charge in [-0.05, 0) is 51.7 Å². The van der Waals surface area contributed by atoms with Gasteiger partial charge in [-0.25, -0.2) is 13.2 Å². The number of benzene rings is 1. The van der Waals surface area contributed by atoms with Crippen molar-refractivity contribution in [2.75, 3.05) is 19.7 Å². The van der Waals surface area contributed by atoms with Gasteiger partial charge in [-0.1, -0.05) is 0 Å². The Hall–Kier alpha value is -3.19. The fourth-order valence-corrected chi connectivity index (χ4v) is 3.48. The third-order valence-electron chi connectivity index (χ3n) is 5.36. The second-order valence-corrected chi connectivity index (χ2v) is 9.84. The van der Waals surface area contributed by atoms with Crippen LogP contribution in [0, 0.1) is 17.5 Å². The van der Waals surface area contributed by atoms with E-state index in [1.807, 2.05) is 20.8 Å². The zero-order valence-electron chi connectivity index (χ0n) is 21.8. The van der Waals surface area contributed by atoms with Gasteiger partial charge in [0.15, 0.2) is 11.6 Å². The molecule has 1 aromatic rings. The molecule has 13 heteroatoms. The Balaban J connectivity index is 0.000000612. The molecule has 2 amide bonds. The van der Waals surface area contributed by atoms with Crippen LogP contribution in [0.1, 0.15) is 58.4 Å². The highest BCUT2D eigenvalue weighted by atomic mass is 19.2. The number of nitrogens with two attached hydrogens (primary N) is 1. The average Bonchev–Trinajstić information content (AvgIpc) is 2.79. The first-order chi connectivity index (χ1) is 17.6. The first kappa shape index (κ1) is 32.8. The summed E-state index contributed by atoms with van der Waals surface area (Å²) in [5.74, 6) is -5.82. The summed E-state index contributed by atoms with van der Waals surface area (Å²) in [6.07, 6.45) is 0.708. The van der Waals surface area contributed by atoms with E-state index in [4.69, 9.17) is 20.7 Å². The van der Waals surface area contributed by atoms with Gasteiger partial charge in [0.25, 0.3) is 0 Å². The molecular weight excluding hydrogens is 511 g/mol. The molecule has 38 heavy (non-hydrogen) atoms. The Labute approximate surface area is 219 Å². The van der Waals surface area contributed by atoms with Crippen molar-refractivity contribution in [2.45, 2.75) is 77.0 Å². The van der Waals surface area contributed by atoms with Gasteiger partial charge < -0.3 is 30.9 Å².